The Balaban J connectivity index is 1.32. The van der Waals surface area contributed by atoms with E-state index in [0.29, 0.717) is 23.8 Å². The van der Waals surface area contributed by atoms with Crippen LogP contribution in [0, 0.1) is 0 Å². The van der Waals surface area contributed by atoms with Gasteiger partial charge in [-0.3, -0.25) is 10.1 Å². The van der Waals surface area contributed by atoms with E-state index in [1.807, 2.05) is 29.6 Å². The molecule has 1 aliphatic heterocycles. The molecule has 1 N–H and O–H groups in total. The number of piperidine rings is 1. The van der Waals surface area contributed by atoms with Crippen molar-refractivity contribution in [2.24, 2.45) is 0 Å². The first-order chi connectivity index (χ1) is 16.0. The van der Waals surface area contributed by atoms with Gasteiger partial charge in [0.15, 0.2) is 5.13 Å². The summed E-state index contributed by atoms with van der Waals surface area (Å²) in [5.41, 5.74) is 2.20. The monoisotopic (exact) mass is 477 g/mol. The first kappa shape index (κ1) is 21.8. The van der Waals surface area contributed by atoms with Crippen molar-refractivity contribution in [3.8, 4) is 11.3 Å². The van der Waals surface area contributed by atoms with Gasteiger partial charge < -0.3 is 0 Å². The number of carbonyl (C=O) groups is 1. The molecule has 2 heterocycles. The number of nitrogens with one attached hydrogen (secondary N) is 1. The Morgan fingerprint density at radius 1 is 0.909 bits per heavy atom. The van der Waals surface area contributed by atoms with Crippen molar-refractivity contribution in [3.05, 3.63) is 77.7 Å². The molecule has 0 aliphatic carbocycles. The molecule has 0 unspecified atom stereocenters. The van der Waals surface area contributed by atoms with E-state index in [4.69, 9.17) is 0 Å². The number of hydrogen-bond donors (Lipinski definition) is 1. The van der Waals surface area contributed by atoms with E-state index in [-0.39, 0.29) is 10.8 Å². The van der Waals surface area contributed by atoms with E-state index in [2.05, 4.69) is 28.5 Å². The second-order valence-corrected chi connectivity index (χ2v) is 10.8. The van der Waals surface area contributed by atoms with E-state index < -0.39 is 10.0 Å². The number of carbonyl (C=O) groups excluding carboxylic acids is 1. The van der Waals surface area contributed by atoms with Crippen LogP contribution in [0.2, 0.25) is 0 Å². The second kappa shape index (κ2) is 9.05. The molecule has 1 aliphatic rings. The molecule has 0 spiro atoms. The van der Waals surface area contributed by atoms with Gasteiger partial charge in [-0.1, -0.05) is 48.9 Å². The predicted molar refractivity (Wildman–Crippen MR) is 132 cm³/mol. The van der Waals surface area contributed by atoms with Crippen LogP contribution in [0.25, 0.3) is 22.0 Å². The molecule has 5 rings (SSSR count). The lowest BCUT2D eigenvalue weighted by Gasteiger charge is -2.25. The first-order valence-corrected chi connectivity index (χ1v) is 13.2. The number of thiazole rings is 1. The van der Waals surface area contributed by atoms with Gasteiger partial charge in [0.1, 0.15) is 0 Å². The maximum absolute atomic E-state index is 12.8. The lowest BCUT2D eigenvalue weighted by molar-refractivity contribution is 0.102. The summed E-state index contributed by atoms with van der Waals surface area (Å²) in [4.78, 5) is 17.5. The molecule has 168 valence electrons. The Morgan fingerprint density at radius 3 is 2.42 bits per heavy atom. The van der Waals surface area contributed by atoms with E-state index in [9.17, 15) is 13.2 Å². The fraction of sp³-hybridized carbons (Fsp3) is 0.200. The molecule has 4 aromatic rings. The highest BCUT2D eigenvalue weighted by molar-refractivity contribution is 7.89. The number of amides is 1. The zero-order valence-electron chi connectivity index (χ0n) is 17.9. The van der Waals surface area contributed by atoms with Crippen molar-refractivity contribution < 1.29 is 13.2 Å². The van der Waals surface area contributed by atoms with Gasteiger partial charge in [-0.15, -0.1) is 11.3 Å². The van der Waals surface area contributed by atoms with Crippen LogP contribution in [0.3, 0.4) is 0 Å². The molecule has 6 nitrogen and oxygen atoms in total. The Bertz CT molecular complexity index is 1400. The first-order valence-electron chi connectivity index (χ1n) is 10.9. The number of hydrogen-bond acceptors (Lipinski definition) is 5. The fourth-order valence-electron chi connectivity index (χ4n) is 4.11. The Hall–Kier alpha value is -3.07. The third-order valence-electron chi connectivity index (χ3n) is 5.86. The highest BCUT2D eigenvalue weighted by atomic mass is 32.2. The molecule has 33 heavy (non-hydrogen) atoms. The standard InChI is InChI=1S/C25H23N3O3S2/c29-24(19-11-13-20(14-12-19)33(30,31)28-15-4-1-5-16-28)27-25-26-23(17-32-25)22-10-6-8-18-7-2-3-9-21(18)22/h2-3,6-14,17H,1,4-5,15-16H2,(H,26,27,29). The Labute approximate surface area is 197 Å². The molecule has 1 aromatic heterocycles. The van der Waals surface area contributed by atoms with Crippen LogP contribution in [0.5, 0.6) is 0 Å². The van der Waals surface area contributed by atoms with E-state index in [1.165, 1.54) is 27.8 Å². The minimum absolute atomic E-state index is 0.216. The van der Waals surface area contributed by atoms with Crippen molar-refractivity contribution in [2.75, 3.05) is 18.4 Å². The van der Waals surface area contributed by atoms with Gasteiger partial charge in [0.05, 0.1) is 10.6 Å². The van der Waals surface area contributed by atoms with Crippen molar-refractivity contribution in [2.45, 2.75) is 24.2 Å². The van der Waals surface area contributed by atoms with Crippen LogP contribution in [0.15, 0.2) is 77.0 Å². The minimum atomic E-state index is -3.52. The van der Waals surface area contributed by atoms with Crippen LogP contribution >= 0.6 is 11.3 Å². The molecule has 1 saturated heterocycles. The SMILES string of the molecule is O=C(Nc1nc(-c2cccc3ccccc23)cs1)c1ccc(S(=O)(=O)N2CCCCC2)cc1. The summed E-state index contributed by atoms with van der Waals surface area (Å²) in [7, 11) is -3.52. The number of fused-ring (bicyclic) bond motifs is 1. The molecular formula is C25H23N3O3S2. The molecule has 0 saturated carbocycles. The topological polar surface area (TPSA) is 79.4 Å². The molecule has 3 aromatic carbocycles. The highest BCUT2D eigenvalue weighted by Gasteiger charge is 2.26. The highest BCUT2D eigenvalue weighted by Crippen LogP contribution is 2.31. The van der Waals surface area contributed by atoms with E-state index in [1.54, 1.807) is 12.1 Å². The number of nitrogens with zero attached hydrogens (tertiary/aromatic N) is 2. The Morgan fingerprint density at radius 2 is 1.64 bits per heavy atom. The summed E-state index contributed by atoms with van der Waals surface area (Å²) >= 11 is 1.36. The van der Waals surface area contributed by atoms with Gasteiger partial charge in [0.2, 0.25) is 10.0 Å². The molecule has 1 amide bonds. The van der Waals surface area contributed by atoms with Gasteiger partial charge >= 0.3 is 0 Å². The molecule has 0 radical (unpaired) electrons. The number of sulfonamides is 1. The van der Waals surface area contributed by atoms with Gasteiger partial charge in [-0.2, -0.15) is 4.31 Å². The average Bonchev–Trinajstić information content (AvgIpc) is 3.32. The summed E-state index contributed by atoms with van der Waals surface area (Å²) in [6.45, 7) is 1.10. The van der Waals surface area contributed by atoms with Crippen molar-refractivity contribution in [1.82, 2.24) is 9.29 Å². The van der Waals surface area contributed by atoms with Crippen LogP contribution in [0.4, 0.5) is 5.13 Å². The number of anilines is 1. The summed E-state index contributed by atoms with van der Waals surface area (Å²) in [6.07, 6.45) is 2.83. The largest absolute Gasteiger partial charge is 0.298 e. The lowest BCUT2D eigenvalue weighted by Crippen LogP contribution is -2.35. The van der Waals surface area contributed by atoms with Gasteiger partial charge in [-0.25, -0.2) is 13.4 Å². The maximum Gasteiger partial charge on any atom is 0.257 e. The van der Waals surface area contributed by atoms with Crippen LogP contribution in [-0.4, -0.2) is 36.7 Å². The number of rotatable bonds is 5. The summed E-state index contributed by atoms with van der Waals surface area (Å²) < 4.78 is 27.1. The lowest BCUT2D eigenvalue weighted by atomic mass is 10.0. The molecule has 8 heteroatoms. The smallest absolute Gasteiger partial charge is 0.257 e. The normalized spacial score (nSPS) is 14.9. The summed E-state index contributed by atoms with van der Waals surface area (Å²) in [6, 6.07) is 20.3. The number of benzene rings is 3. The average molecular weight is 478 g/mol. The van der Waals surface area contributed by atoms with Crippen LogP contribution in [0.1, 0.15) is 29.6 Å². The second-order valence-electron chi connectivity index (χ2n) is 8.01. The zero-order valence-corrected chi connectivity index (χ0v) is 19.5. The quantitative estimate of drug-likeness (QED) is 0.418. The van der Waals surface area contributed by atoms with E-state index >= 15 is 0 Å². The summed E-state index contributed by atoms with van der Waals surface area (Å²) in [5.74, 6) is -0.323. The molecule has 1 fully saturated rings. The molecular weight excluding hydrogens is 454 g/mol. The number of aromatic nitrogens is 1. The van der Waals surface area contributed by atoms with Gasteiger partial charge in [0, 0.05) is 29.6 Å². The fourth-order valence-corrected chi connectivity index (χ4v) is 6.33. The molecule has 0 bridgehead atoms. The van der Waals surface area contributed by atoms with Gasteiger partial charge in [0.25, 0.3) is 5.91 Å². The third kappa shape index (κ3) is 4.42. The van der Waals surface area contributed by atoms with Crippen molar-refractivity contribution in [3.63, 3.8) is 0 Å². The summed E-state index contributed by atoms with van der Waals surface area (Å²) in [5, 5.41) is 7.48. The zero-order chi connectivity index (χ0) is 22.8. The van der Waals surface area contributed by atoms with E-state index in [0.717, 1.165) is 41.3 Å². The maximum atomic E-state index is 12.8. The van der Waals surface area contributed by atoms with Crippen molar-refractivity contribution >= 4 is 43.2 Å². The van der Waals surface area contributed by atoms with Crippen molar-refractivity contribution in [1.29, 1.82) is 0 Å². The van der Waals surface area contributed by atoms with Gasteiger partial charge in [-0.05, 0) is 47.9 Å². The minimum Gasteiger partial charge on any atom is -0.298 e. The third-order valence-corrected chi connectivity index (χ3v) is 8.53. The molecule has 0 atom stereocenters. The predicted octanol–water partition coefficient (Wildman–Crippen LogP) is 5.39. The van der Waals surface area contributed by atoms with Crippen LogP contribution < -0.4 is 5.32 Å². The van der Waals surface area contributed by atoms with Crippen LogP contribution in [-0.2, 0) is 10.0 Å². The Kier molecular flexibility index (Phi) is 5.97.